The number of nitrogens with zero attached hydrogens (tertiary/aromatic N) is 1. The monoisotopic (exact) mass is 331 g/mol. The predicted octanol–water partition coefficient (Wildman–Crippen LogP) is 4.34. The molecule has 0 saturated carbocycles. The fourth-order valence-electron chi connectivity index (χ4n) is 4.69. The number of ether oxygens (including phenoxy) is 1. The average Bonchev–Trinajstić information content (AvgIpc) is 3.19. The highest BCUT2D eigenvalue weighted by molar-refractivity contribution is 5.74. The number of rotatable bonds is 6. The molecule has 24 heavy (non-hydrogen) atoms. The van der Waals surface area contributed by atoms with Crippen LogP contribution in [0.15, 0.2) is 24.3 Å². The van der Waals surface area contributed by atoms with Gasteiger partial charge >= 0.3 is 5.97 Å². The maximum Gasteiger partial charge on any atom is 0.310 e. The van der Waals surface area contributed by atoms with Gasteiger partial charge < -0.3 is 4.74 Å². The maximum absolute atomic E-state index is 12.9. The van der Waals surface area contributed by atoms with Gasteiger partial charge in [-0.25, -0.2) is 0 Å². The Morgan fingerprint density at radius 2 is 1.92 bits per heavy atom. The van der Waals surface area contributed by atoms with Gasteiger partial charge in [0.15, 0.2) is 0 Å². The van der Waals surface area contributed by atoms with Crippen molar-refractivity contribution in [2.24, 2.45) is 17.8 Å². The third-order valence-electron chi connectivity index (χ3n) is 6.21. The quantitative estimate of drug-likeness (QED) is 0.535. The van der Waals surface area contributed by atoms with E-state index in [1.54, 1.807) is 0 Å². The van der Waals surface area contributed by atoms with Crippen molar-refractivity contribution >= 4 is 5.97 Å². The van der Waals surface area contributed by atoms with Crippen molar-refractivity contribution in [3.05, 3.63) is 24.3 Å². The normalized spacial score (nSPS) is 30.6. The molecule has 134 valence electrons. The Morgan fingerprint density at radius 3 is 2.54 bits per heavy atom. The Labute approximate surface area is 147 Å². The molecule has 1 heterocycles. The lowest BCUT2D eigenvalue weighted by Crippen LogP contribution is -2.41. The molecule has 0 unspecified atom stereocenters. The standard InChI is InChI=1S/C21H33NO2/c1-21(2)13-8-14-22(21)15-16-24-20(23)19(18-11-6-7-12-18)17-9-4-3-5-10-17/h4,6,9,11,17-19H,3,5,7-8,10,12-16H2,1-2H3/t17-,18-,19-/m0/s1. The minimum atomic E-state index is 0.0203. The van der Waals surface area contributed by atoms with Crippen molar-refractivity contribution in [1.29, 1.82) is 0 Å². The minimum Gasteiger partial charge on any atom is -0.464 e. The molecule has 3 heteroatoms. The van der Waals surface area contributed by atoms with E-state index < -0.39 is 0 Å². The van der Waals surface area contributed by atoms with E-state index in [-0.39, 0.29) is 17.4 Å². The molecule has 3 aliphatic rings. The number of likely N-dealkylation sites (tertiary alicyclic amines) is 1. The zero-order valence-corrected chi connectivity index (χ0v) is 15.4. The lowest BCUT2D eigenvalue weighted by atomic mass is 9.77. The molecular formula is C21H33NO2. The fraction of sp³-hybridized carbons (Fsp3) is 0.762. The first-order valence-corrected chi connectivity index (χ1v) is 9.83. The Bertz CT molecular complexity index is 494. The first-order valence-electron chi connectivity index (χ1n) is 9.83. The molecule has 1 saturated heterocycles. The summed E-state index contributed by atoms with van der Waals surface area (Å²) in [6, 6.07) is 0. The van der Waals surface area contributed by atoms with E-state index in [1.807, 2.05) is 0 Å². The Morgan fingerprint density at radius 1 is 1.17 bits per heavy atom. The summed E-state index contributed by atoms with van der Waals surface area (Å²) in [4.78, 5) is 15.3. The molecule has 0 aromatic carbocycles. The third-order valence-corrected chi connectivity index (χ3v) is 6.21. The lowest BCUT2D eigenvalue weighted by molar-refractivity contribution is -0.152. The zero-order chi connectivity index (χ0) is 17.0. The molecule has 0 spiro atoms. The second kappa shape index (κ2) is 7.86. The van der Waals surface area contributed by atoms with Crippen LogP contribution in [0, 0.1) is 17.8 Å². The van der Waals surface area contributed by atoms with Crippen LogP contribution in [-0.2, 0) is 9.53 Å². The number of hydrogen-bond acceptors (Lipinski definition) is 3. The largest absolute Gasteiger partial charge is 0.464 e. The molecule has 3 rings (SSSR count). The van der Waals surface area contributed by atoms with Gasteiger partial charge in [0.25, 0.3) is 0 Å². The van der Waals surface area contributed by atoms with Gasteiger partial charge in [0.2, 0.25) is 0 Å². The van der Waals surface area contributed by atoms with Crippen molar-refractivity contribution in [3.8, 4) is 0 Å². The van der Waals surface area contributed by atoms with Crippen LogP contribution in [0.1, 0.15) is 58.8 Å². The summed E-state index contributed by atoms with van der Waals surface area (Å²) < 4.78 is 5.78. The van der Waals surface area contributed by atoms with Crippen LogP contribution in [0.3, 0.4) is 0 Å². The summed E-state index contributed by atoms with van der Waals surface area (Å²) >= 11 is 0. The molecule has 0 N–H and O–H groups in total. The predicted molar refractivity (Wildman–Crippen MR) is 97.7 cm³/mol. The van der Waals surface area contributed by atoms with Gasteiger partial charge in [0.1, 0.15) is 6.61 Å². The van der Waals surface area contributed by atoms with Crippen LogP contribution in [0.25, 0.3) is 0 Å². The van der Waals surface area contributed by atoms with E-state index in [0.29, 0.717) is 18.4 Å². The number of hydrogen-bond donors (Lipinski definition) is 0. The number of carbonyl (C=O) groups excluding carboxylic acids is 1. The highest BCUT2D eigenvalue weighted by Gasteiger charge is 2.36. The molecule has 0 radical (unpaired) electrons. The molecule has 0 aromatic rings. The van der Waals surface area contributed by atoms with Crippen molar-refractivity contribution < 1.29 is 9.53 Å². The molecule has 0 aromatic heterocycles. The first-order chi connectivity index (χ1) is 11.6. The highest BCUT2D eigenvalue weighted by Crippen LogP contribution is 2.36. The van der Waals surface area contributed by atoms with Crippen LogP contribution < -0.4 is 0 Å². The van der Waals surface area contributed by atoms with Gasteiger partial charge in [0, 0.05) is 12.1 Å². The van der Waals surface area contributed by atoms with Crippen molar-refractivity contribution in [2.45, 2.75) is 64.3 Å². The van der Waals surface area contributed by atoms with Gasteiger partial charge in [-0.3, -0.25) is 9.69 Å². The first kappa shape index (κ1) is 17.7. The highest BCUT2D eigenvalue weighted by atomic mass is 16.5. The minimum absolute atomic E-state index is 0.0203. The maximum atomic E-state index is 12.9. The van der Waals surface area contributed by atoms with E-state index in [0.717, 1.165) is 38.8 Å². The van der Waals surface area contributed by atoms with Crippen molar-refractivity contribution in [1.82, 2.24) is 4.90 Å². The molecule has 3 nitrogen and oxygen atoms in total. The summed E-state index contributed by atoms with van der Waals surface area (Å²) in [5.74, 6) is 0.780. The molecule has 2 aliphatic carbocycles. The number of esters is 1. The smallest absolute Gasteiger partial charge is 0.310 e. The van der Waals surface area contributed by atoms with E-state index >= 15 is 0 Å². The van der Waals surface area contributed by atoms with Crippen LogP contribution >= 0.6 is 0 Å². The number of allylic oxidation sites excluding steroid dienone is 4. The second-order valence-electron chi connectivity index (χ2n) is 8.29. The summed E-state index contributed by atoms with van der Waals surface area (Å²) in [6.07, 6.45) is 17.2. The lowest BCUT2D eigenvalue weighted by Gasteiger charge is -2.32. The van der Waals surface area contributed by atoms with Crippen LogP contribution in [0.5, 0.6) is 0 Å². The van der Waals surface area contributed by atoms with Gasteiger partial charge in [-0.05, 0) is 77.2 Å². The molecule has 1 aliphatic heterocycles. The zero-order valence-electron chi connectivity index (χ0n) is 15.4. The van der Waals surface area contributed by atoms with Crippen molar-refractivity contribution in [3.63, 3.8) is 0 Å². The molecule has 0 bridgehead atoms. The van der Waals surface area contributed by atoms with Gasteiger partial charge in [0.05, 0.1) is 5.92 Å². The van der Waals surface area contributed by atoms with Crippen LogP contribution in [-0.4, -0.2) is 36.1 Å². The van der Waals surface area contributed by atoms with Crippen molar-refractivity contribution in [2.75, 3.05) is 19.7 Å². The van der Waals surface area contributed by atoms with Gasteiger partial charge in [-0.15, -0.1) is 0 Å². The van der Waals surface area contributed by atoms with E-state index in [9.17, 15) is 4.79 Å². The molecule has 0 amide bonds. The van der Waals surface area contributed by atoms with Gasteiger partial charge in [-0.2, -0.15) is 0 Å². The Balaban J connectivity index is 1.56. The molecule has 1 fully saturated rings. The van der Waals surface area contributed by atoms with Crippen LogP contribution in [0.4, 0.5) is 0 Å². The second-order valence-corrected chi connectivity index (χ2v) is 8.29. The third kappa shape index (κ3) is 4.11. The summed E-state index contributed by atoms with van der Waals surface area (Å²) in [6.45, 7) is 7.12. The topological polar surface area (TPSA) is 29.5 Å². The molecular weight excluding hydrogens is 298 g/mol. The van der Waals surface area contributed by atoms with E-state index in [1.165, 1.54) is 19.3 Å². The summed E-state index contributed by atoms with van der Waals surface area (Å²) in [5, 5.41) is 0. The summed E-state index contributed by atoms with van der Waals surface area (Å²) in [5.41, 5.74) is 0.256. The SMILES string of the molecule is CC1(C)CCCN1CCOC(=O)[C@H]([C@H]1C=CCC1)[C@H]1C=CCCC1. The average molecular weight is 332 g/mol. The summed E-state index contributed by atoms with van der Waals surface area (Å²) in [7, 11) is 0. The van der Waals surface area contributed by atoms with E-state index in [2.05, 4.69) is 43.1 Å². The fourth-order valence-corrected chi connectivity index (χ4v) is 4.69. The molecule has 3 atom stereocenters. The number of carbonyl (C=O) groups is 1. The van der Waals surface area contributed by atoms with Gasteiger partial charge in [-0.1, -0.05) is 24.3 Å². The van der Waals surface area contributed by atoms with Crippen LogP contribution in [0.2, 0.25) is 0 Å². The van der Waals surface area contributed by atoms with E-state index in [4.69, 9.17) is 4.74 Å². The Kier molecular flexibility index (Phi) is 5.80. The Hall–Kier alpha value is -1.09.